The molecule has 7 nitrogen and oxygen atoms in total. The second kappa shape index (κ2) is 13.9. The maximum absolute atomic E-state index is 10.1. The van der Waals surface area contributed by atoms with Gasteiger partial charge in [-0.1, -0.05) is 5.16 Å². The molecule has 2 N–H and O–H groups in total. The van der Waals surface area contributed by atoms with Crippen molar-refractivity contribution in [1.29, 1.82) is 0 Å². The van der Waals surface area contributed by atoms with E-state index in [0.29, 0.717) is 6.54 Å². The van der Waals surface area contributed by atoms with E-state index in [0.717, 1.165) is 56.1 Å². The number of nitrogens with zero attached hydrogens (tertiary/aromatic N) is 2. The van der Waals surface area contributed by atoms with E-state index >= 15 is 0 Å². The summed E-state index contributed by atoms with van der Waals surface area (Å²) in [7, 11) is 1.65. The van der Waals surface area contributed by atoms with E-state index < -0.39 is 6.10 Å². The van der Waals surface area contributed by atoms with Crippen LogP contribution in [0.2, 0.25) is 0 Å². The molecular formula is C20H33Cl2N3O4. The fraction of sp³-hybridized carbons (Fsp3) is 0.650. The Balaban J connectivity index is 0.00000210. The molecule has 0 amide bonds. The predicted molar refractivity (Wildman–Crippen MR) is 119 cm³/mol. The third kappa shape index (κ3) is 8.56. The quantitative estimate of drug-likeness (QED) is 0.445. The Labute approximate surface area is 185 Å². The molecule has 1 atom stereocenters. The molecule has 0 bridgehead atoms. The highest BCUT2D eigenvalue weighted by Gasteiger charge is 2.18. The highest BCUT2D eigenvalue weighted by Crippen LogP contribution is 2.32. The van der Waals surface area contributed by atoms with Crippen molar-refractivity contribution in [3.8, 4) is 11.5 Å². The Hall–Kier alpha value is -1.25. The molecule has 0 aromatic heterocycles. The second-order valence-corrected chi connectivity index (χ2v) is 7.17. The van der Waals surface area contributed by atoms with Crippen LogP contribution in [0.4, 0.5) is 0 Å². The number of aliphatic hydroxyl groups is 1. The number of piperazine rings is 1. The van der Waals surface area contributed by atoms with Crippen molar-refractivity contribution in [3.05, 3.63) is 23.8 Å². The van der Waals surface area contributed by atoms with Gasteiger partial charge in [-0.3, -0.25) is 4.90 Å². The van der Waals surface area contributed by atoms with Gasteiger partial charge in [0.1, 0.15) is 12.7 Å². The zero-order valence-electron chi connectivity index (χ0n) is 16.9. The second-order valence-electron chi connectivity index (χ2n) is 7.17. The number of nitrogens with one attached hydrogen (secondary N) is 1. The van der Waals surface area contributed by atoms with E-state index in [-0.39, 0.29) is 37.5 Å². The first-order valence-corrected chi connectivity index (χ1v) is 9.86. The summed E-state index contributed by atoms with van der Waals surface area (Å²) in [6.07, 6.45) is 5.99. The minimum atomic E-state index is -0.544. The summed E-state index contributed by atoms with van der Waals surface area (Å²) in [6.45, 7) is 4.63. The normalized spacial score (nSPS) is 18.7. The number of aliphatic hydroxyl groups excluding tert-OH is 1. The average Bonchev–Trinajstić information content (AvgIpc) is 3.19. The first-order valence-electron chi connectivity index (χ1n) is 9.86. The van der Waals surface area contributed by atoms with Gasteiger partial charge < -0.3 is 24.7 Å². The van der Waals surface area contributed by atoms with Crippen LogP contribution < -0.4 is 14.8 Å². The summed E-state index contributed by atoms with van der Waals surface area (Å²) in [4.78, 5) is 7.50. The zero-order valence-corrected chi connectivity index (χ0v) is 18.6. The van der Waals surface area contributed by atoms with Crippen molar-refractivity contribution in [3.63, 3.8) is 0 Å². The van der Waals surface area contributed by atoms with E-state index in [9.17, 15) is 5.11 Å². The molecule has 3 rings (SSSR count). The predicted octanol–water partition coefficient (Wildman–Crippen LogP) is 2.48. The number of benzene rings is 1. The molecule has 1 unspecified atom stereocenters. The zero-order chi connectivity index (χ0) is 18.9. The fourth-order valence-electron chi connectivity index (χ4n) is 3.52. The lowest BCUT2D eigenvalue weighted by Gasteiger charge is -2.28. The Morgan fingerprint density at radius 2 is 1.93 bits per heavy atom. The topological polar surface area (TPSA) is 75.5 Å². The number of oxime groups is 1. The number of hydrogen-bond acceptors (Lipinski definition) is 7. The van der Waals surface area contributed by atoms with E-state index in [1.807, 2.05) is 18.2 Å². The standard InChI is InChI=1S/C20H31N3O4.2ClH/c1-25-19-7-6-16(12-20(19)27-18-4-2-3-5-18)13-22-26-15-17(24)14-23-10-8-21-9-11-23;;/h6-7,12-13,17-18,21,24H,2-5,8-11,14-15H2,1H3;2*1H/b22-13+;;. The fourth-order valence-corrected chi connectivity index (χ4v) is 3.52. The molecule has 2 aliphatic rings. The van der Waals surface area contributed by atoms with Gasteiger partial charge in [-0.25, -0.2) is 0 Å². The molecule has 0 radical (unpaired) electrons. The molecule has 1 aromatic rings. The molecule has 166 valence electrons. The SMILES string of the molecule is COc1ccc(/C=N/OCC(O)CN2CCNCC2)cc1OC1CCCC1.Cl.Cl. The summed E-state index contributed by atoms with van der Waals surface area (Å²) in [5, 5.41) is 17.4. The van der Waals surface area contributed by atoms with E-state index in [1.165, 1.54) is 12.8 Å². The van der Waals surface area contributed by atoms with Crippen molar-refractivity contribution >= 4 is 31.0 Å². The lowest BCUT2D eigenvalue weighted by atomic mass is 10.2. The van der Waals surface area contributed by atoms with E-state index in [4.69, 9.17) is 14.3 Å². The van der Waals surface area contributed by atoms with Crippen LogP contribution in [0.1, 0.15) is 31.2 Å². The van der Waals surface area contributed by atoms with Gasteiger partial charge >= 0.3 is 0 Å². The summed E-state index contributed by atoms with van der Waals surface area (Å²) >= 11 is 0. The highest BCUT2D eigenvalue weighted by molar-refractivity contribution is 5.85. The number of halogens is 2. The van der Waals surface area contributed by atoms with Gasteiger partial charge in [0.15, 0.2) is 11.5 Å². The summed E-state index contributed by atoms with van der Waals surface area (Å²) in [5.41, 5.74) is 0.875. The van der Waals surface area contributed by atoms with Gasteiger partial charge in [0.25, 0.3) is 0 Å². The smallest absolute Gasteiger partial charge is 0.162 e. The van der Waals surface area contributed by atoms with Gasteiger partial charge in [-0.2, -0.15) is 0 Å². The van der Waals surface area contributed by atoms with Crippen LogP contribution in [0.15, 0.2) is 23.4 Å². The van der Waals surface area contributed by atoms with Crippen molar-refractivity contribution in [2.45, 2.75) is 37.9 Å². The Morgan fingerprint density at radius 1 is 1.21 bits per heavy atom. The molecule has 1 aliphatic heterocycles. The first-order chi connectivity index (χ1) is 13.2. The monoisotopic (exact) mass is 449 g/mol. The first kappa shape index (κ1) is 25.8. The third-order valence-corrected chi connectivity index (χ3v) is 5.01. The highest BCUT2D eigenvalue weighted by atomic mass is 35.5. The van der Waals surface area contributed by atoms with Crippen LogP contribution in [0.5, 0.6) is 11.5 Å². The number of ether oxygens (including phenoxy) is 2. The molecule has 2 fully saturated rings. The van der Waals surface area contributed by atoms with Crippen LogP contribution in [0.3, 0.4) is 0 Å². The largest absolute Gasteiger partial charge is 0.493 e. The lowest BCUT2D eigenvalue weighted by molar-refractivity contribution is 0.0176. The molecule has 0 spiro atoms. The Morgan fingerprint density at radius 3 is 2.62 bits per heavy atom. The molecule has 9 heteroatoms. The van der Waals surface area contributed by atoms with Crippen molar-refractivity contribution in [2.24, 2.45) is 5.16 Å². The summed E-state index contributed by atoms with van der Waals surface area (Å²) in [5.74, 6) is 1.47. The van der Waals surface area contributed by atoms with Crippen LogP contribution in [-0.4, -0.2) is 74.9 Å². The van der Waals surface area contributed by atoms with Gasteiger partial charge in [-0.15, -0.1) is 24.8 Å². The van der Waals surface area contributed by atoms with Gasteiger partial charge in [-0.05, 0) is 43.9 Å². The van der Waals surface area contributed by atoms with E-state index in [2.05, 4.69) is 15.4 Å². The number of hydrogen-bond donors (Lipinski definition) is 2. The van der Waals surface area contributed by atoms with Crippen LogP contribution in [-0.2, 0) is 4.84 Å². The van der Waals surface area contributed by atoms with Crippen LogP contribution >= 0.6 is 24.8 Å². The maximum Gasteiger partial charge on any atom is 0.162 e. The number of rotatable bonds is 9. The molecular weight excluding hydrogens is 417 g/mol. The molecule has 29 heavy (non-hydrogen) atoms. The average molecular weight is 450 g/mol. The maximum atomic E-state index is 10.1. The molecule has 1 aliphatic carbocycles. The summed E-state index contributed by atoms with van der Waals surface area (Å²) < 4.78 is 11.5. The van der Waals surface area contributed by atoms with Gasteiger partial charge in [0, 0.05) is 38.3 Å². The van der Waals surface area contributed by atoms with Crippen LogP contribution in [0, 0.1) is 0 Å². The van der Waals surface area contributed by atoms with Crippen molar-refractivity contribution < 1.29 is 19.4 Å². The Kier molecular flexibility index (Phi) is 12.3. The van der Waals surface area contributed by atoms with Crippen LogP contribution in [0.25, 0.3) is 0 Å². The summed E-state index contributed by atoms with van der Waals surface area (Å²) in [6, 6.07) is 5.70. The van der Waals surface area contributed by atoms with Gasteiger partial charge in [0.05, 0.1) is 19.4 Å². The van der Waals surface area contributed by atoms with E-state index in [1.54, 1.807) is 13.3 Å². The lowest BCUT2D eigenvalue weighted by Crippen LogP contribution is -2.46. The number of β-amino-alcohol motifs (C(OH)–C–C–N with tert-alkyl or cyclic N) is 1. The van der Waals surface area contributed by atoms with Crippen molar-refractivity contribution in [2.75, 3.05) is 46.4 Å². The molecule has 1 saturated carbocycles. The van der Waals surface area contributed by atoms with Gasteiger partial charge in [0.2, 0.25) is 0 Å². The molecule has 1 aromatic carbocycles. The number of methoxy groups -OCH3 is 1. The molecule has 1 saturated heterocycles. The van der Waals surface area contributed by atoms with Crippen molar-refractivity contribution in [1.82, 2.24) is 10.2 Å². The molecule has 1 heterocycles. The third-order valence-electron chi connectivity index (χ3n) is 5.01. The Bertz CT molecular complexity index is 609. The minimum Gasteiger partial charge on any atom is -0.493 e. The minimum absolute atomic E-state index is 0.